The van der Waals surface area contributed by atoms with E-state index in [1.165, 1.54) is 16.7 Å². The summed E-state index contributed by atoms with van der Waals surface area (Å²) >= 11 is 1.41. The molecule has 18 heavy (non-hydrogen) atoms. The van der Waals surface area contributed by atoms with Crippen molar-refractivity contribution in [2.24, 2.45) is 0 Å². The number of rotatable bonds is 2. The maximum Gasteiger partial charge on any atom is 0.397 e. The zero-order valence-corrected chi connectivity index (χ0v) is 10.5. The number of H-pyrrole nitrogens is 1. The summed E-state index contributed by atoms with van der Waals surface area (Å²) < 4.78 is 36.5. The van der Waals surface area contributed by atoms with Crippen LogP contribution >= 0.6 is 11.8 Å². The first-order valence-electron chi connectivity index (χ1n) is 5.35. The Morgan fingerprint density at radius 1 is 1.56 bits per heavy atom. The summed E-state index contributed by atoms with van der Waals surface area (Å²) in [7, 11) is 0. The van der Waals surface area contributed by atoms with Crippen LogP contribution in [0.3, 0.4) is 0 Å². The summed E-state index contributed by atoms with van der Waals surface area (Å²) in [6.07, 6.45) is -3.48. The van der Waals surface area contributed by atoms with Crippen LogP contribution in [0.1, 0.15) is 17.7 Å². The van der Waals surface area contributed by atoms with Crippen molar-refractivity contribution < 1.29 is 18.0 Å². The molecule has 100 valence electrons. The third-order valence-electron chi connectivity index (χ3n) is 2.79. The lowest BCUT2D eigenvalue weighted by Gasteiger charge is -2.27. The van der Waals surface area contributed by atoms with Gasteiger partial charge in [0, 0.05) is 24.2 Å². The molecule has 0 aromatic carbocycles. The summed E-state index contributed by atoms with van der Waals surface area (Å²) in [4.78, 5) is 12.8. The van der Waals surface area contributed by atoms with Crippen molar-refractivity contribution in [3.8, 4) is 0 Å². The Morgan fingerprint density at radius 2 is 2.28 bits per heavy atom. The zero-order valence-electron chi connectivity index (χ0n) is 9.67. The van der Waals surface area contributed by atoms with Crippen LogP contribution in [0.5, 0.6) is 0 Å². The molecule has 1 aromatic heterocycles. The Morgan fingerprint density at radius 3 is 2.89 bits per heavy atom. The number of fused-ring (bicyclic) bond motifs is 1. The van der Waals surface area contributed by atoms with Crippen LogP contribution in [0.2, 0.25) is 0 Å². The van der Waals surface area contributed by atoms with Crippen molar-refractivity contribution >= 4 is 17.7 Å². The van der Waals surface area contributed by atoms with Crippen molar-refractivity contribution in [3.05, 3.63) is 11.3 Å². The van der Waals surface area contributed by atoms with Gasteiger partial charge in [-0.3, -0.25) is 9.89 Å². The van der Waals surface area contributed by atoms with E-state index < -0.39 is 18.5 Å². The quantitative estimate of drug-likeness (QED) is 0.842. The first-order valence-corrected chi connectivity index (χ1v) is 6.58. The fourth-order valence-electron chi connectivity index (χ4n) is 1.93. The van der Waals surface area contributed by atoms with Gasteiger partial charge in [0.1, 0.15) is 11.4 Å². The minimum Gasteiger partial charge on any atom is -0.338 e. The highest BCUT2D eigenvalue weighted by Gasteiger charge is 2.35. The van der Waals surface area contributed by atoms with Gasteiger partial charge >= 0.3 is 6.18 Å². The van der Waals surface area contributed by atoms with Crippen LogP contribution < -0.4 is 0 Å². The molecule has 0 fully saturated rings. The first-order chi connectivity index (χ1) is 8.40. The van der Waals surface area contributed by atoms with Gasteiger partial charge in [0.15, 0.2) is 0 Å². The summed E-state index contributed by atoms with van der Waals surface area (Å²) in [6, 6.07) is 0. The predicted molar refractivity (Wildman–Crippen MR) is 60.2 cm³/mol. The van der Waals surface area contributed by atoms with Crippen molar-refractivity contribution in [1.82, 2.24) is 15.1 Å². The molecular formula is C10H12F3N3OS. The number of nitrogens with zero attached hydrogens (tertiary/aromatic N) is 2. The number of alkyl halides is 3. The van der Waals surface area contributed by atoms with E-state index in [1.807, 2.05) is 6.26 Å². The van der Waals surface area contributed by atoms with Crippen LogP contribution in [0.4, 0.5) is 13.2 Å². The second-order valence-corrected chi connectivity index (χ2v) is 4.84. The van der Waals surface area contributed by atoms with Gasteiger partial charge in [0.25, 0.3) is 0 Å². The average Bonchev–Trinajstić information content (AvgIpc) is 2.68. The van der Waals surface area contributed by atoms with E-state index in [9.17, 15) is 18.0 Å². The molecule has 1 amide bonds. The largest absolute Gasteiger partial charge is 0.397 e. The highest BCUT2D eigenvalue weighted by Crippen LogP contribution is 2.28. The molecule has 1 aliphatic rings. The number of hydrogen-bond acceptors (Lipinski definition) is 3. The molecule has 0 saturated carbocycles. The van der Waals surface area contributed by atoms with Crippen LogP contribution in [0, 0.1) is 0 Å². The molecule has 8 heteroatoms. The molecule has 0 aliphatic carbocycles. The third-order valence-corrected chi connectivity index (χ3v) is 3.52. The maximum absolute atomic E-state index is 12.2. The standard InChI is InChI=1S/C10H12F3N3OS/c1-18-9-6-5-16(3-2-7(6)14-15-9)8(17)4-10(11,12)13/h2-5H2,1H3,(H,14,15). The van der Waals surface area contributed by atoms with E-state index in [2.05, 4.69) is 10.2 Å². The van der Waals surface area contributed by atoms with Gasteiger partial charge in [-0.2, -0.15) is 18.3 Å². The van der Waals surface area contributed by atoms with Gasteiger partial charge in [0.05, 0.1) is 6.54 Å². The second kappa shape index (κ2) is 4.83. The Bertz CT molecular complexity index is 444. The molecule has 2 heterocycles. The Hall–Kier alpha value is -1.18. The van der Waals surface area contributed by atoms with Crippen molar-refractivity contribution in [2.45, 2.75) is 30.6 Å². The molecule has 0 atom stereocenters. The highest BCUT2D eigenvalue weighted by molar-refractivity contribution is 7.98. The lowest BCUT2D eigenvalue weighted by atomic mass is 10.1. The van der Waals surface area contributed by atoms with Crippen LogP contribution in [-0.4, -0.2) is 40.0 Å². The Kier molecular flexibility index (Phi) is 3.56. The molecule has 0 spiro atoms. The number of halogens is 3. The third kappa shape index (κ3) is 2.80. The lowest BCUT2D eigenvalue weighted by molar-refractivity contribution is -0.162. The topological polar surface area (TPSA) is 49.0 Å². The number of aromatic amines is 1. The smallest absolute Gasteiger partial charge is 0.338 e. The maximum atomic E-state index is 12.2. The van der Waals surface area contributed by atoms with Gasteiger partial charge in [-0.1, -0.05) is 0 Å². The molecule has 0 unspecified atom stereocenters. The van der Waals surface area contributed by atoms with E-state index in [1.54, 1.807) is 0 Å². The van der Waals surface area contributed by atoms with Crippen LogP contribution in [0.15, 0.2) is 5.03 Å². The monoisotopic (exact) mass is 279 g/mol. The highest BCUT2D eigenvalue weighted by atomic mass is 32.2. The number of nitrogens with one attached hydrogen (secondary N) is 1. The summed E-state index contributed by atoms with van der Waals surface area (Å²) in [6.45, 7) is 0.509. The Labute approximate surface area is 106 Å². The molecule has 1 aliphatic heterocycles. The fraction of sp³-hybridized carbons (Fsp3) is 0.600. The van der Waals surface area contributed by atoms with Gasteiger partial charge in [-0.05, 0) is 6.26 Å². The fourth-order valence-corrected chi connectivity index (χ4v) is 2.50. The zero-order chi connectivity index (χ0) is 13.3. The molecule has 2 rings (SSSR count). The molecular weight excluding hydrogens is 267 g/mol. The number of carbonyl (C=O) groups is 1. The van der Waals surface area contributed by atoms with E-state index >= 15 is 0 Å². The number of carbonyl (C=O) groups excluding carboxylic acids is 1. The van der Waals surface area contributed by atoms with Gasteiger partial charge in [-0.25, -0.2) is 0 Å². The average molecular weight is 279 g/mol. The molecule has 1 aromatic rings. The van der Waals surface area contributed by atoms with E-state index in [-0.39, 0.29) is 6.54 Å². The van der Waals surface area contributed by atoms with Gasteiger partial charge < -0.3 is 4.90 Å². The predicted octanol–water partition coefficient (Wildman–Crippen LogP) is 1.97. The van der Waals surface area contributed by atoms with Crippen LogP contribution in [0.25, 0.3) is 0 Å². The van der Waals surface area contributed by atoms with Crippen molar-refractivity contribution in [2.75, 3.05) is 12.8 Å². The molecule has 1 N–H and O–H groups in total. The summed E-state index contributed by atoms with van der Waals surface area (Å²) in [5.41, 5.74) is 1.75. The minimum atomic E-state index is -4.45. The van der Waals surface area contributed by atoms with E-state index in [0.29, 0.717) is 13.0 Å². The number of amides is 1. The van der Waals surface area contributed by atoms with E-state index in [0.717, 1.165) is 16.3 Å². The first kappa shape index (κ1) is 13.3. The molecule has 0 radical (unpaired) electrons. The van der Waals surface area contributed by atoms with Crippen molar-refractivity contribution in [3.63, 3.8) is 0 Å². The SMILES string of the molecule is CSc1n[nH]c2c1CN(C(=O)CC(F)(F)F)CC2. The van der Waals surface area contributed by atoms with Crippen molar-refractivity contribution in [1.29, 1.82) is 0 Å². The summed E-state index contributed by atoms with van der Waals surface area (Å²) in [5, 5.41) is 7.66. The minimum absolute atomic E-state index is 0.205. The van der Waals surface area contributed by atoms with Gasteiger partial charge in [-0.15, -0.1) is 11.8 Å². The molecule has 0 saturated heterocycles. The Balaban J connectivity index is 2.09. The number of thioether (sulfide) groups is 1. The number of aromatic nitrogens is 2. The van der Waals surface area contributed by atoms with Crippen LogP contribution in [-0.2, 0) is 17.8 Å². The van der Waals surface area contributed by atoms with Gasteiger partial charge in [0.2, 0.25) is 5.91 Å². The lowest BCUT2D eigenvalue weighted by Crippen LogP contribution is -2.38. The molecule has 4 nitrogen and oxygen atoms in total. The molecule has 0 bridgehead atoms. The number of hydrogen-bond donors (Lipinski definition) is 1. The second-order valence-electron chi connectivity index (χ2n) is 4.05. The summed E-state index contributed by atoms with van der Waals surface area (Å²) in [5.74, 6) is -0.874. The normalized spacial score (nSPS) is 15.7. The van der Waals surface area contributed by atoms with E-state index in [4.69, 9.17) is 0 Å².